The van der Waals surface area contributed by atoms with Crippen LogP contribution in [0.25, 0.3) is 0 Å². The van der Waals surface area contributed by atoms with Crippen LogP contribution in [0.2, 0.25) is 0 Å². The summed E-state index contributed by atoms with van der Waals surface area (Å²) >= 11 is 1.55. The van der Waals surface area contributed by atoms with Crippen LogP contribution in [0.15, 0.2) is 5.38 Å². The van der Waals surface area contributed by atoms with E-state index in [2.05, 4.69) is 17.3 Å². The molecular weight excluding hydrogens is 204 g/mol. The molecule has 15 heavy (non-hydrogen) atoms. The van der Waals surface area contributed by atoms with E-state index >= 15 is 0 Å². The minimum atomic E-state index is 0.702. The summed E-state index contributed by atoms with van der Waals surface area (Å²) in [5.41, 5.74) is 6.74. The molecule has 0 aliphatic heterocycles. The van der Waals surface area contributed by atoms with Crippen LogP contribution in [0.1, 0.15) is 57.6 Å². The fourth-order valence-electron chi connectivity index (χ4n) is 1.70. The van der Waals surface area contributed by atoms with Gasteiger partial charge in [0.05, 0.1) is 5.69 Å². The Morgan fingerprint density at radius 2 is 1.80 bits per heavy atom. The number of hydrogen-bond acceptors (Lipinski definition) is 3. The molecule has 0 aliphatic rings. The third-order valence-corrected chi connectivity index (χ3v) is 3.33. The van der Waals surface area contributed by atoms with Crippen molar-refractivity contribution < 1.29 is 0 Å². The van der Waals surface area contributed by atoms with Crippen LogP contribution in [-0.2, 0) is 6.42 Å². The molecule has 0 unspecified atom stereocenters. The van der Waals surface area contributed by atoms with Gasteiger partial charge >= 0.3 is 0 Å². The first-order valence-electron chi connectivity index (χ1n) is 6.03. The SMILES string of the molecule is CCCCCCCCCc1csc(N)n1. The summed E-state index contributed by atoms with van der Waals surface area (Å²) in [4.78, 5) is 4.25. The van der Waals surface area contributed by atoms with Crippen LogP contribution in [-0.4, -0.2) is 4.98 Å². The molecule has 0 fully saturated rings. The molecule has 2 nitrogen and oxygen atoms in total. The van der Waals surface area contributed by atoms with Crippen molar-refractivity contribution in [1.82, 2.24) is 4.98 Å². The van der Waals surface area contributed by atoms with Gasteiger partial charge in [-0.15, -0.1) is 11.3 Å². The Morgan fingerprint density at radius 1 is 1.13 bits per heavy atom. The topological polar surface area (TPSA) is 38.9 Å². The molecule has 2 N–H and O–H groups in total. The van der Waals surface area contributed by atoms with Gasteiger partial charge in [0.25, 0.3) is 0 Å². The molecule has 0 saturated carbocycles. The fraction of sp³-hybridized carbons (Fsp3) is 0.750. The maximum absolute atomic E-state index is 5.57. The van der Waals surface area contributed by atoms with Gasteiger partial charge in [-0.2, -0.15) is 0 Å². The van der Waals surface area contributed by atoms with E-state index in [1.54, 1.807) is 11.3 Å². The van der Waals surface area contributed by atoms with Crippen molar-refractivity contribution in [3.8, 4) is 0 Å². The Morgan fingerprint density at radius 3 is 2.40 bits per heavy atom. The minimum Gasteiger partial charge on any atom is -0.375 e. The zero-order valence-electron chi connectivity index (χ0n) is 9.67. The number of aryl methyl sites for hydroxylation is 1. The number of hydrogen-bond donors (Lipinski definition) is 1. The van der Waals surface area contributed by atoms with Gasteiger partial charge in [-0.1, -0.05) is 45.4 Å². The number of nitrogens with two attached hydrogens (primary N) is 1. The number of rotatable bonds is 8. The lowest BCUT2D eigenvalue weighted by Crippen LogP contribution is -1.88. The molecule has 0 aromatic carbocycles. The molecule has 0 spiro atoms. The van der Waals surface area contributed by atoms with Crippen LogP contribution in [0, 0.1) is 0 Å². The smallest absolute Gasteiger partial charge is 0.180 e. The van der Waals surface area contributed by atoms with Crippen LogP contribution < -0.4 is 5.73 Å². The summed E-state index contributed by atoms with van der Waals surface area (Å²) in [5, 5.41) is 2.78. The second kappa shape index (κ2) is 7.69. The molecule has 1 aromatic rings. The first-order chi connectivity index (χ1) is 7.33. The summed E-state index contributed by atoms with van der Waals surface area (Å²) in [6, 6.07) is 0. The number of anilines is 1. The molecule has 1 heterocycles. The molecule has 86 valence electrons. The lowest BCUT2D eigenvalue weighted by atomic mass is 10.1. The van der Waals surface area contributed by atoms with Gasteiger partial charge in [0.2, 0.25) is 0 Å². The van der Waals surface area contributed by atoms with Gasteiger partial charge in [0.15, 0.2) is 5.13 Å². The van der Waals surface area contributed by atoms with Gasteiger partial charge < -0.3 is 5.73 Å². The summed E-state index contributed by atoms with van der Waals surface area (Å²) in [5.74, 6) is 0. The number of unbranched alkanes of at least 4 members (excludes halogenated alkanes) is 6. The van der Waals surface area contributed by atoms with Gasteiger partial charge in [-0.3, -0.25) is 0 Å². The predicted octanol–water partition coefficient (Wildman–Crippen LogP) is 4.02. The van der Waals surface area contributed by atoms with Crippen molar-refractivity contribution in [2.45, 2.75) is 58.3 Å². The van der Waals surface area contributed by atoms with Crippen molar-refractivity contribution in [3.05, 3.63) is 11.1 Å². The standard InChI is InChI=1S/C12H22N2S/c1-2-3-4-5-6-7-8-9-11-10-15-12(13)14-11/h10H,2-9H2,1H3,(H2,13,14). The third kappa shape index (κ3) is 5.78. The summed E-state index contributed by atoms with van der Waals surface area (Å²) in [6.07, 6.45) is 10.6. The van der Waals surface area contributed by atoms with E-state index in [-0.39, 0.29) is 0 Å². The normalized spacial score (nSPS) is 10.7. The van der Waals surface area contributed by atoms with Gasteiger partial charge in [-0.25, -0.2) is 4.98 Å². The highest BCUT2D eigenvalue weighted by molar-refractivity contribution is 7.13. The molecule has 1 rings (SSSR count). The van der Waals surface area contributed by atoms with E-state index < -0.39 is 0 Å². The largest absolute Gasteiger partial charge is 0.375 e. The summed E-state index contributed by atoms with van der Waals surface area (Å²) in [7, 11) is 0. The quantitative estimate of drug-likeness (QED) is 0.680. The van der Waals surface area contributed by atoms with Crippen LogP contribution >= 0.6 is 11.3 Å². The number of aromatic nitrogens is 1. The van der Waals surface area contributed by atoms with Crippen molar-refractivity contribution in [1.29, 1.82) is 0 Å². The average molecular weight is 226 g/mol. The summed E-state index contributed by atoms with van der Waals surface area (Å²) in [6.45, 7) is 2.26. The zero-order valence-corrected chi connectivity index (χ0v) is 10.5. The second-order valence-electron chi connectivity index (χ2n) is 4.05. The van der Waals surface area contributed by atoms with Crippen LogP contribution in [0.5, 0.6) is 0 Å². The Kier molecular flexibility index (Phi) is 6.41. The first kappa shape index (κ1) is 12.5. The Labute approximate surface area is 96.9 Å². The minimum absolute atomic E-state index is 0.702. The van der Waals surface area contributed by atoms with Crippen molar-refractivity contribution in [2.75, 3.05) is 5.73 Å². The number of nitrogens with zero attached hydrogens (tertiary/aromatic N) is 1. The van der Waals surface area contributed by atoms with E-state index in [1.807, 2.05) is 0 Å². The van der Waals surface area contributed by atoms with E-state index in [0.29, 0.717) is 5.13 Å². The van der Waals surface area contributed by atoms with Gasteiger partial charge in [-0.05, 0) is 12.8 Å². The average Bonchev–Trinajstić information content (AvgIpc) is 2.63. The highest BCUT2D eigenvalue weighted by Gasteiger charge is 1.98. The molecule has 0 atom stereocenters. The second-order valence-corrected chi connectivity index (χ2v) is 4.94. The monoisotopic (exact) mass is 226 g/mol. The zero-order chi connectivity index (χ0) is 10.9. The number of thiazole rings is 1. The highest BCUT2D eigenvalue weighted by atomic mass is 32.1. The molecule has 0 saturated heterocycles. The van der Waals surface area contributed by atoms with Crippen LogP contribution in [0.4, 0.5) is 5.13 Å². The highest BCUT2D eigenvalue weighted by Crippen LogP contribution is 2.14. The van der Waals surface area contributed by atoms with E-state index in [1.165, 1.54) is 50.6 Å². The lowest BCUT2D eigenvalue weighted by Gasteiger charge is -1.99. The maximum Gasteiger partial charge on any atom is 0.180 e. The van der Waals surface area contributed by atoms with E-state index in [4.69, 9.17) is 5.73 Å². The predicted molar refractivity (Wildman–Crippen MR) is 68.2 cm³/mol. The third-order valence-electron chi connectivity index (χ3n) is 2.61. The Bertz CT molecular complexity index is 258. The fourth-order valence-corrected chi connectivity index (χ4v) is 2.30. The molecular formula is C12H22N2S. The molecule has 0 bridgehead atoms. The van der Waals surface area contributed by atoms with Gasteiger partial charge in [0.1, 0.15) is 0 Å². The van der Waals surface area contributed by atoms with Crippen molar-refractivity contribution >= 4 is 16.5 Å². The van der Waals surface area contributed by atoms with E-state index in [0.717, 1.165) is 6.42 Å². The maximum atomic E-state index is 5.57. The van der Waals surface area contributed by atoms with Gasteiger partial charge in [0, 0.05) is 5.38 Å². The van der Waals surface area contributed by atoms with E-state index in [9.17, 15) is 0 Å². The molecule has 0 aliphatic carbocycles. The van der Waals surface area contributed by atoms with Crippen LogP contribution in [0.3, 0.4) is 0 Å². The first-order valence-corrected chi connectivity index (χ1v) is 6.90. The van der Waals surface area contributed by atoms with Crippen molar-refractivity contribution in [3.63, 3.8) is 0 Å². The number of nitrogen functional groups attached to an aromatic ring is 1. The molecule has 0 radical (unpaired) electrons. The Balaban J connectivity index is 1.93. The summed E-state index contributed by atoms with van der Waals surface area (Å²) < 4.78 is 0. The molecule has 0 amide bonds. The Hall–Kier alpha value is -0.570. The van der Waals surface area contributed by atoms with Crippen molar-refractivity contribution in [2.24, 2.45) is 0 Å². The molecule has 3 heteroatoms. The molecule has 1 aromatic heterocycles. The lowest BCUT2D eigenvalue weighted by molar-refractivity contribution is 0.588.